The molecule has 0 radical (unpaired) electrons. The Hall–Kier alpha value is -4.61. The SMILES string of the molecule is COCc1cc(COc2cc3c(cc2OC)C(=O)N2c4ccccc4C[C@H]2CN3)cc(NC(=O)[C@H](C)NC(=O)[C@@H](N)C(C)C)c1. The van der Waals surface area contributed by atoms with Gasteiger partial charge in [0, 0.05) is 31.1 Å². The van der Waals surface area contributed by atoms with E-state index in [1.807, 2.05) is 49.1 Å². The van der Waals surface area contributed by atoms with Gasteiger partial charge in [0.05, 0.1) is 37.1 Å². The van der Waals surface area contributed by atoms with E-state index in [2.05, 4.69) is 22.0 Å². The van der Waals surface area contributed by atoms with E-state index in [9.17, 15) is 14.4 Å². The van der Waals surface area contributed by atoms with Crippen molar-refractivity contribution in [3.63, 3.8) is 0 Å². The summed E-state index contributed by atoms with van der Waals surface area (Å²) < 4.78 is 17.2. The smallest absolute Gasteiger partial charge is 0.260 e. The maximum absolute atomic E-state index is 13.7. The van der Waals surface area contributed by atoms with Crippen LogP contribution in [0.5, 0.6) is 11.5 Å². The molecule has 3 aromatic carbocycles. The highest BCUT2D eigenvalue weighted by Crippen LogP contribution is 2.40. The zero-order valence-corrected chi connectivity index (χ0v) is 26.3. The summed E-state index contributed by atoms with van der Waals surface area (Å²) in [5.74, 6) is -0.00449. The first-order valence-electron chi connectivity index (χ1n) is 15.1. The van der Waals surface area contributed by atoms with Crippen LogP contribution in [0.3, 0.4) is 0 Å². The Labute approximate surface area is 263 Å². The summed E-state index contributed by atoms with van der Waals surface area (Å²) in [5.41, 5.74) is 11.4. The van der Waals surface area contributed by atoms with E-state index in [1.165, 1.54) is 7.11 Å². The quantitative estimate of drug-likeness (QED) is 0.255. The number of fused-ring (bicyclic) bond motifs is 4. The molecule has 2 aliphatic rings. The van der Waals surface area contributed by atoms with Crippen molar-refractivity contribution in [1.29, 1.82) is 0 Å². The highest BCUT2D eigenvalue weighted by atomic mass is 16.5. The number of carbonyl (C=O) groups excluding carboxylic acids is 3. The Morgan fingerprint density at radius 3 is 2.44 bits per heavy atom. The van der Waals surface area contributed by atoms with Gasteiger partial charge in [-0.1, -0.05) is 32.0 Å². The molecule has 2 heterocycles. The number of para-hydroxylation sites is 1. The topological polar surface area (TPSA) is 144 Å². The van der Waals surface area contributed by atoms with Gasteiger partial charge in [-0.3, -0.25) is 14.4 Å². The normalized spacial score (nSPS) is 16.5. The van der Waals surface area contributed by atoms with Crippen molar-refractivity contribution in [2.24, 2.45) is 11.7 Å². The first kappa shape index (κ1) is 31.8. The summed E-state index contributed by atoms with van der Waals surface area (Å²) in [5, 5.41) is 8.99. The van der Waals surface area contributed by atoms with E-state index in [-0.39, 0.29) is 36.3 Å². The number of carbonyl (C=O) groups is 3. The fraction of sp³-hybridized carbons (Fsp3) is 0.382. The van der Waals surface area contributed by atoms with Crippen LogP contribution in [0.15, 0.2) is 54.6 Å². The van der Waals surface area contributed by atoms with E-state index in [1.54, 1.807) is 32.2 Å². The molecule has 3 amide bonds. The van der Waals surface area contributed by atoms with Crippen LogP contribution in [-0.2, 0) is 34.0 Å². The molecule has 0 unspecified atom stereocenters. The number of hydrogen-bond donors (Lipinski definition) is 4. The third-order valence-electron chi connectivity index (χ3n) is 8.15. The van der Waals surface area contributed by atoms with Crippen molar-refractivity contribution in [2.45, 2.75) is 58.5 Å². The number of hydrogen-bond acceptors (Lipinski definition) is 8. The zero-order chi connectivity index (χ0) is 32.2. The number of ether oxygens (including phenoxy) is 3. The van der Waals surface area contributed by atoms with E-state index in [4.69, 9.17) is 19.9 Å². The average Bonchev–Trinajstić information content (AvgIpc) is 3.34. The van der Waals surface area contributed by atoms with E-state index in [0.717, 1.165) is 28.8 Å². The highest BCUT2D eigenvalue weighted by molar-refractivity contribution is 6.12. The molecule has 0 saturated carbocycles. The maximum Gasteiger partial charge on any atom is 0.260 e. The van der Waals surface area contributed by atoms with Crippen molar-refractivity contribution in [3.8, 4) is 11.5 Å². The Kier molecular flexibility index (Phi) is 9.60. The van der Waals surface area contributed by atoms with Crippen LogP contribution in [0.25, 0.3) is 0 Å². The van der Waals surface area contributed by atoms with Gasteiger partial charge in [-0.25, -0.2) is 0 Å². The Balaban J connectivity index is 1.33. The number of methoxy groups -OCH3 is 2. The lowest BCUT2D eigenvalue weighted by atomic mass is 10.0. The lowest BCUT2D eigenvalue weighted by molar-refractivity contribution is -0.127. The first-order chi connectivity index (χ1) is 21.6. The van der Waals surface area contributed by atoms with Gasteiger partial charge >= 0.3 is 0 Å². The van der Waals surface area contributed by atoms with Crippen molar-refractivity contribution in [2.75, 3.05) is 36.3 Å². The second kappa shape index (κ2) is 13.6. The summed E-state index contributed by atoms with van der Waals surface area (Å²) in [6.07, 6.45) is 0.788. The number of benzene rings is 3. The molecule has 0 fully saturated rings. The van der Waals surface area contributed by atoms with Crippen LogP contribution in [0.4, 0.5) is 17.1 Å². The minimum absolute atomic E-state index is 0.0118. The summed E-state index contributed by atoms with van der Waals surface area (Å²) in [6.45, 7) is 6.37. The van der Waals surface area contributed by atoms with Crippen LogP contribution >= 0.6 is 0 Å². The summed E-state index contributed by atoms with van der Waals surface area (Å²) in [7, 11) is 3.13. The van der Waals surface area contributed by atoms with Gasteiger partial charge in [0.2, 0.25) is 11.8 Å². The number of nitrogens with zero attached hydrogens (tertiary/aromatic N) is 1. The molecule has 0 bridgehead atoms. The molecule has 0 saturated heterocycles. The Morgan fingerprint density at radius 2 is 1.73 bits per heavy atom. The largest absolute Gasteiger partial charge is 0.493 e. The molecule has 11 nitrogen and oxygen atoms in total. The average molecular weight is 616 g/mol. The molecule has 5 N–H and O–H groups in total. The number of amides is 3. The van der Waals surface area contributed by atoms with Gasteiger partial charge in [-0.2, -0.15) is 0 Å². The molecule has 5 rings (SSSR count). The first-order valence-corrected chi connectivity index (χ1v) is 15.1. The van der Waals surface area contributed by atoms with Crippen molar-refractivity contribution in [3.05, 3.63) is 76.9 Å². The number of rotatable bonds is 11. The van der Waals surface area contributed by atoms with Gasteiger partial charge in [-0.15, -0.1) is 0 Å². The Bertz CT molecular complexity index is 1590. The van der Waals surface area contributed by atoms with Crippen molar-refractivity contribution in [1.82, 2.24) is 5.32 Å². The molecule has 0 spiro atoms. The molecular weight excluding hydrogens is 574 g/mol. The van der Waals surface area contributed by atoms with Gasteiger partial charge < -0.3 is 40.8 Å². The van der Waals surface area contributed by atoms with E-state index >= 15 is 0 Å². The lowest BCUT2D eigenvalue weighted by Crippen LogP contribution is -2.50. The summed E-state index contributed by atoms with van der Waals surface area (Å²) in [4.78, 5) is 40.9. The summed E-state index contributed by atoms with van der Waals surface area (Å²) >= 11 is 0. The zero-order valence-electron chi connectivity index (χ0n) is 26.3. The number of nitrogens with two attached hydrogens (primary N) is 1. The second-order valence-electron chi connectivity index (χ2n) is 11.8. The van der Waals surface area contributed by atoms with Crippen LogP contribution in [0.1, 0.15) is 47.8 Å². The predicted octanol–water partition coefficient (Wildman–Crippen LogP) is 3.84. The van der Waals surface area contributed by atoms with Crippen LogP contribution in [0, 0.1) is 5.92 Å². The molecule has 45 heavy (non-hydrogen) atoms. The fourth-order valence-corrected chi connectivity index (χ4v) is 5.67. The predicted molar refractivity (Wildman–Crippen MR) is 173 cm³/mol. The number of anilines is 3. The molecule has 3 atom stereocenters. The van der Waals surface area contributed by atoms with Gasteiger partial charge in [0.15, 0.2) is 11.5 Å². The van der Waals surface area contributed by atoms with E-state index < -0.39 is 12.1 Å². The van der Waals surface area contributed by atoms with Crippen LogP contribution < -0.4 is 36.1 Å². The fourth-order valence-electron chi connectivity index (χ4n) is 5.67. The minimum Gasteiger partial charge on any atom is -0.493 e. The summed E-state index contributed by atoms with van der Waals surface area (Å²) in [6, 6.07) is 15.6. The van der Waals surface area contributed by atoms with Gasteiger partial charge in [0.25, 0.3) is 5.91 Å². The third kappa shape index (κ3) is 6.89. The highest BCUT2D eigenvalue weighted by Gasteiger charge is 2.37. The van der Waals surface area contributed by atoms with Crippen molar-refractivity contribution >= 4 is 34.8 Å². The minimum atomic E-state index is -0.795. The van der Waals surface area contributed by atoms with Crippen LogP contribution in [0.2, 0.25) is 0 Å². The molecule has 3 aromatic rings. The second-order valence-corrected chi connectivity index (χ2v) is 11.8. The monoisotopic (exact) mass is 615 g/mol. The van der Waals surface area contributed by atoms with Crippen molar-refractivity contribution < 1.29 is 28.6 Å². The third-order valence-corrected chi connectivity index (χ3v) is 8.15. The molecule has 11 heteroatoms. The number of nitrogens with one attached hydrogen (secondary N) is 3. The maximum atomic E-state index is 13.7. The molecule has 2 aliphatic heterocycles. The van der Waals surface area contributed by atoms with E-state index in [0.29, 0.717) is 41.6 Å². The molecular formula is C34H41N5O6. The van der Waals surface area contributed by atoms with Gasteiger partial charge in [0.1, 0.15) is 12.6 Å². The molecule has 238 valence electrons. The molecule has 0 aromatic heterocycles. The van der Waals surface area contributed by atoms with Gasteiger partial charge in [-0.05, 0) is 66.3 Å². The van der Waals surface area contributed by atoms with Crippen LogP contribution in [-0.4, -0.2) is 56.6 Å². The molecule has 0 aliphatic carbocycles. The lowest BCUT2D eigenvalue weighted by Gasteiger charge is -2.22. The standard InChI is InChI=1S/C34H41N5O6/c1-19(2)31(35)33(41)37-20(3)32(40)38-24-11-21(17-43-4)10-22(12-24)18-45-30-15-27-26(14-29(30)44-5)34(42)39-25(16-36-27)13-23-8-6-7-9-28(23)39/h6-12,14-15,19-20,25,31,36H,13,16-18,35H2,1-5H3,(H,37,41)(H,38,40)/t20-,25-,31-/m0/s1. The Morgan fingerprint density at radius 1 is 1.00 bits per heavy atom.